The molecule has 0 aliphatic rings. The monoisotopic (exact) mass is 341 g/mol. The fraction of sp³-hybridized carbons (Fsp3) is 0.381. The van der Waals surface area contributed by atoms with Crippen LogP contribution in [-0.2, 0) is 17.6 Å². The number of nitrogens with one attached hydrogen (secondary N) is 1. The minimum absolute atomic E-state index is 0.0916. The van der Waals surface area contributed by atoms with Crippen LogP contribution in [0.15, 0.2) is 48.5 Å². The predicted molar refractivity (Wildman–Crippen MR) is 100 cm³/mol. The normalized spacial score (nSPS) is 10.3. The van der Waals surface area contributed by atoms with E-state index in [0.29, 0.717) is 19.6 Å². The summed E-state index contributed by atoms with van der Waals surface area (Å²) < 4.78 is 10.8. The second-order valence-electron chi connectivity index (χ2n) is 5.84. The second kappa shape index (κ2) is 10.4. The number of methoxy groups -OCH3 is 1. The van der Waals surface area contributed by atoms with Gasteiger partial charge in [0.05, 0.1) is 13.7 Å². The van der Waals surface area contributed by atoms with Gasteiger partial charge in [-0.15, -0.1) is 0 Å². The summed E-state index contributed by atoms with van der Waals surface area (Å²) in [7, 11) is 1.65. The second-order valence-corrected chi connectivity index (χ2v) is 5.84. The quantitative estimate of drug-likeness (QED) is 0.669. The lowest BCUT2D eigenvalue weighted by molar-refractivity contribution is -0.121. The molecule has 2 aromatic rings. The Morgan fingerprint density at radius 2 is 1.80 bits per heavy atom. The Morgan fingerprint density at radius 3 is 2.52 bits per heavy atom. The molecule has 0 aromatic heterocycles. The van der Waals surface area contributed by atoms with Gasteiger partial charge in [-0.05, 0) is 55.5 Å². The highest BCUT2D eigenvalue weighted by Crippen LogP contribution is 2.19. The topological polar surface area (TPSA) is 47.6 Å². The van der Waals surface area contributed by atoms with E-state index in [1.807, 2.05) is 49.4 Å². The van der Waals surface area contributed by atoms with Gasteiger partial charge in [0.2, 0.25) is 5.91 Å². The molecule has 0 aliphatic heterocycles. The number of ether oxygens (including phenoxy) is 2. The van der Waals surface area contributed by atoms with Crippen molar-refractivity contribution in [1.82, 2.24) is 5.32 Å². The van der Waals surface area contributed by atoms with Gasteiger partial charge in [0, 0.05) is 13.0 Å². The first kappa shape index (κ1) is 18.8. The summed E-state index contributed by atoms with van der Waals surface area (Å²) in [5, 5.41) is 2.99. The van der Waals surface area contributed by atoms with Crippen molar-refractivity contribution in [2.75, 3.05) is 20.3 Å². The molecule has 0 heterocycles. The molecule has 0 saturated carbocycles. The van der Waals surface area contributed by atoms with E-state index in [9.17, 15) is 4.79 Å². The van der Waals surface area contributed by atoms with Crippen molar-refractivity contribution in [2.45, 2.75) is 32.6 Å². The number of para-hydroxylation sites is 1. The average Bonchev–Trinajstić information content (AvgIpc) is 2.65. The molecule has 0 atom stereocenters. The number of rotatable bonds is 10. The summed E-state index contributed by atoms with van der Waals surface area (Å²) in [5.41, 5.74) is 2.33. The van der Waals surface area contributed by atoms with Crippen molar-refractivity contribution < 1.29 is 14.3 Å². The minimum Gasteiger partial charge on any atom is -0.497 e. The number of amides is 1. The predicted octanol–water partition coefficient (Wildman–Crippen LogP) is 3.78. The first-order valence-electron chi connectivity index (χ1n) is 8.83. The largest absolute Gasteiger partial charge is 0.497 e. The van der Waals surface area contributed by atoms with Gasteiger partial charge in [-0.2, -0.15) is 0 Å². The van der Waals surface area contributed by atoms with Crippen molar-refractivity contribution in [3.63, 3.8) is 0 Å². The zero-order valence-corrected chi connectivity index (χ0v) is 15.1. The fourth-order valence-electron chi connectivity index (χ4n) is 2.65. The molecule has 4 heteroatoms. The lowest BCUT2D eigenvalue weighted by Gasteiger charge is -2.10. The van der Waals surface area contributed by atoms with Gasteiger partial charge in [0.1, 0.15) is 11.5 Å². The third kappa shape index (κ3) is 6.49. The minimum atomic E-state index is 0.0916. The molecule has 0 unspecified atom stereocenters. The van der Waals surface area contributed by atoms with Crippen molar-refractivity contribution in [1.29, 1.82) is 0 Å². The van der Waals surface area contributed by atoms with Gasteiger partial charge in [0.15, 0.2) is 0 Å². The smallest absolute Gasteiger partial charge is 0.220 e. The van der Waals surface area contributed by atoms with E-state index in [4.69, 9.17) is 9.47 Å². The van der Waals surface area contributed by atoms with Gasteiger partial charge < -0.3 is 14.8 Å². The Bertz CT molecular complexity index is 652. The number of hydrogen-bond donors (Lipinski definition) is 1. The van der Waals surface area contributed by atoms with Crippen LogP contribution in [0.3, 0.4) is 0 Å². The first-order valence-corrected chi connectivity index (χ1v) is 8.83. The van der Waals surface area contributed by atoms with Gasteiger partial charge >= 0.3 is 0 Å². The van der Waals surface area contributed by atoms with Gasteiger partial charge in [-0.1, -0.05) is 30.3 Å². The zero-order valence-electron chi connectivity index (χ0n) is 15.1. The summed E-state index contributed by atoms with van der Waals surface area (Å²) in [6, 6.07) is 15.9. The summed E-state index contributed by atoms with van der Waals surface area (Å²) in [4.78, 5) is 12.0. The number of carbonyl (C=O) groups is 1. The number of aryl methyl sites for hydroxylation is 2. The number of hydrogen-bond acceptors (Lipinski definition) is 3. The van der Waals surface area contributed by atoms with Crippen LogP contribution in [0, 0.1) is 0 Å². The molecule has 134 valence electrons. The molecule has 0 saturated heterocycles. The van der Waals surface area contributed by atoms with Crippen LogP contribution < -0.4 is 14.8 Å². The van der Waals surface area contributed by atoms with Crippen molar-refractivity contribution in [3.8, 4) is 11.5 Å². The van der Waals surface area contributed by atoms with Crippen molar-refractivity contribution in [3.05, 3.63) is 59.7 Å². The van der Waals surface area contributed by atoms with Crippen molar-refractivity contribution >= 4 is 5.91 Å². The molecule has 25 heavy (non-hydrogen) atoms. The maximum atomic E-state index is 12.0. The molecule has 1 amide bonds. The Hall–Kier alpha value is -2.49. The van der Waals surface area contributed by atoms with E-state index in [-0.39, 0.29) is 5.91 Å². The van der Waals surface area contributed by atoms with E-state index in [1.165, 1.54) is 5.56 Å². The molecule has 0 radical (unpaired) electrons. The molecule has 2 aromatic carbocycles. The first-order chi connectivity index (χ1) is 12.2. The number of carbonyl (C=O) groups excluding carboxylic acids is 1. The molecular formula is C21H27NO3. The van der Waals surface area contributed by atoms with E-state index in [2.05, 4.69) is 11.4 Å². The van der Waals surface area contributed by atoms with Crippen LogP contribution in [-0.4, -0.2) is 26.2 Å². The van der Waals surface area contributed by atoms with Gasteiger partial charge in [0.25, 0.3) is 0 Å². The Balaban J connectivity index is 1.66. The van der Waals surface area contributed by atoms with E-state index in [1.54, 1.807) is 7.11 Å². The molecule has 4 nitrogen and oxygen atoms in total. The highest BCUT2D eigenvalue weighted by Gasteiger charge is 2.04. The Morgan fingerprint density at radius 1 is 1.04 bits per heavy atom. The van der Waals surface area contributed by atoms with E-state index >= 15 is 0 Å². The third-order valence-electron chi connectivity index (χ3n) is 4.02. The van der Waals surface area contributed by atoms with E-state index in [0.717, 1.165) is 36.3 Å². The maximum absolute atomic E-state index is 12.0. The molecule has 2 rings (SSSR count). The third-order valence-corrected chi connectivity index (χ3v) is 4.02. The standard InChI is InChI=1S/C21H27NO3/c1-3-25-20-9-5-4-7-18(20)8-6-16-22-21(23)15-12-17-10-13-19(24-2)14-11-17/h4-5,7,9-11,13-14H,3,6,8,12,15-16H2,1-2H3,(H,22,23). The lowest BCUT2D eigenvalue weighted by atomic mass is 10.1. The maximum Gasteiger partial charge on any atom is 0.220 e. The van der Waals surface area contributed by atoms with Crippen LogP contribution in [0.1, 0.15) is 30.9 Å². The van der Waals surface area contributed by atoms with Crippen LogP contribution in [0.5, 0.6) is 11.5 Å². The van der Waals surface area contributed by atoms with Crippen LogP contribution in [0.2, 0.25) is 0 Å². The molecular weight excluding hydrogens is 314 g/mol. The lowest BCUT2D eigenvalue weighted by Crippen LogP contribution is -2.25. The highest BCUT2D eigenvalue weighted by atomic mass is 16.5. The molecule has 0 fully saturated rings. The van der Waals surface area contributed by atoms with Gasteiger partial charge in [-0.25, -0.2) is 0 Å². The fourth-order valence-corrected chi connectivity index (χ4v) is 2.65. The van der Waals surface area contributed by atoms with Crippen molar-refractivity contribution in [2.24, 2.45) is 0 Å². The highest BCUT2D eigenvalue weighted by molar-refractivity contribution is 5.76. The zero-order chi connectivity index (χ0) is 17.9. The molecule has 0 spiro atoms. The summed E-state index contributed by atoms with van der Waals surface area (Å²) in [6.45, 7) is 3.33. The van der Waals surface area contributed by atoms with Crippen LogP contribution in [0.4, 0.5) is 0 Å². The molecule has 0 aliphatic carbocycles. The van der Waals surface area contributed by atoms with E-state index < -0.39 is 0 Å². The average molecular weight is 341 g/mol. The van der Waals surface area contributed by atoms with Crippen LogP contribution >= 0.6 is 0 Å². The van der Waals surface area contributed by atoms with Crippen LogP contribution in [0.25, 0.3) is 0 Å². The molecule has 1 N–H and O–H groups in total. The SMILES string of the molecule is CCOc1ccccc1CCCNC(=O)CCc1ccc(OC)cc1. The molecule has 0 bridgehead atoms. The summed E-state index contributed by atoms with van der Waals surface area (Å²) in [6.07, 6.45) is 3.04. The summed E-state index contributed by atoms with van der Waals surface area (Å²) in [5.74, 6) is 1.87. The van der Waals surface area contributed by atoms with Gasteiger partial charge in [-0.3, -0.25) is 4.79 Å². The summed E-state index contributed by atoms with van der Waals surface area (Å²) >= 11 is 0. The number of benzene rings is 2. The Kier molecular flexibility index (Phi) is 7.83. The Labute approximate surface area is 150 Å².